The molecule has 5 nitrogen and oxygen atoms in total. The van der Waals surface area contributed by atoms with Gasteiger partial charge in [-0.1, -0.05) is 31.2 Å². The zero-order valence-electron chi connectivity index (χ0n) is 13.2. The lowest BCUT2D eigenvalue weighted by atomic mass is 10.2. The van der Waals surface area contributed by atoms with Gasteiger partial charge in [0.05, 0.1) is 0 Å². The van der Waals surface area contributed by atoms with Crippen LogP contribution in [0.3, 0.4) is 0 Å². The van der Waals surface area contributed by atoms with Crippen molar-refractivity contribution < 1.29 is 19.1 Å². The maximum absolute atomic E-state index is 11.9. The molecule has 0 aliphatic carbocycles. The SMILES string of the molecule is CCC(=O)Oc1cccc(NC(=O)COc2ccccc2C)c1. The number of anilines is 1. The molecule has 0 saturated heterocycles. The first-order chi connectivity index (χ1) is 11.1. The highest BCUT2D eigenvalue weighted by molar-refractivity contribution is 5.92. The lowest BCUT2D eigenvalue weighted by molar-refractivity contribution is -0.134. The van der Waals surface area contributed by atoms with Gasteiger partial charge in [0.1, 0.15) is 11.5 Å². The number of rotatable bonds is 6. The van der Waals surface area contributed by atoms with Crippen molar-refractivity contribution in [2.75, 3.05) is 11.9 Å². The molecule has 2 rings (SSSR count). The molecule has 0 aliphatic heterocycles. The number of aryl methyl sites for hydroxylation is 1. The summed E-state index contributed by atoms with van der Waals surface area (Å²) in [5, 5.41) is 2.71. The molecule has 2 aromatic rings. The third-order valence-electron chi connectivity index (χ3n) is 3.09. The number of para-hydroxylation sites is 1. The molecule has 0 atom stereocenters. The molecule has 0 aliphatic rings. The normalized spacial score (nSPS) is 10.0. The number of hydrogen-bond acceptors (Lipinski definition) is 4. The molecular formula is C18H19NO4. The van der Waals surface area contributed by atoms with Gasteiger partial charge in [0.15, 0.2) is 6.61 Å². The molecule has 0 aromatic heterocycles. The van der Waals surface area contributed by atoms with E-state index in [1.165, 1.54) is 0 Å². The summed E-state index contributed by atoms with van der Waals surface area (Å²) in [5.41, 5.74) is 1.51. The Labute approximate surface area is 135 Å². The predicted molar refractivity (Wildman–Crippen MR) is 87.7 cm³/mol. The van der Waals surface area contributed by atoms with Gasteiger partial charge in [0, 0.05) is 18.2 Å². The number of benzene rings is 2. The monoisotopic (exact) mass is 313 g/mol. The maximum atomic E-state index is 11.9. The Kier molecular flexibility index (Phi) is 5.74. The van der Waals surface area contributed by atoms with E-state index in [9.17, 15) is 9.59 Å². The first-order valence-corrected chi connectivity index (χ1v) is 7.37. The average molecular weight is 313 g/mol. The molecular weight excluding hydrogens is 294 g/mol. The highest BCUT2D eigenvalue weighted by Crippen LogP contribution is 2.19. The second-order valence-corrected chi connectivity index (χ2v) is 4.96. The zero-order chi connectivity index (χ0) is 16.7. The molecule has 0 unspecified atom stereocenters. The Hall–Kier alpha value is -2.82. The Bertz CT molecular complexity index is 697. The lowest BCUT2D eigenvalue weighted by Gasteiger charge is -2.10. The van der Waals surface area contributed by atoms with Crippen LogP contribution in [0.1, 0.15) is 18.9 Å². The van der Waals surface area contributed by atoms with E-state index in [4.69, 9.17) is 9.47 Å². The molecule has 0 radical (unpaired) electrons. The van der Waals surface area contributed by atoms with Gasteiger partial charge in [-0.15, -0.1) is 0 Å². The van der Waals surface area contributed by atoms with Crippen molar-refractivity contribution in [3.63, 3.8) is 0 Å². The second-order valence-electron chi connectivity index (χ2n) is 4.96. The van der Waals surface area contributed by atoms with Crippen LogP contribution in [0, 0.1) is 6.92 Å². The summed E-state index contributed by atoms with van der Waals surface area (Å²) in [6.07, 6.45) is 0.293. The number of amides is 1. The van der Waals surface area contributed by atoms with E-state index in [0.29, 0.717) is 23.6 Å². The van der Waals surface area contributed by atoms with Gasteiger partial charge in [0.25, 0.3) is 5.91 Å². The number of esters is 1. The fourth-order valence-corrected chi connectivity index (χ4v) is 1.90. The van der Waals surface area contributed by atoms with Crippen LogP contribution in [-0.2, 0) is 9.59 Å². The van der Waals surface area contributed by atoms with Crippen LogP contribution in [0.25, 0.3) is 0 Å². The second kappa shape index (κ2) is 7.98. The third-order valence-corrected chi connectivity index (χ3v) is 3.09. The molecule has 120 valence electrons. The minimum absolute atomic E-state index is 0.0934. The highest BCUT2D eigenvalue weighted by atomic mass is 16.5. The summed E-state index contributed by atoms with van der Waals surface area (Å²) in [5.74, 6) is 0.464. The summed E-state index contributed by atoms with van der Waals surface area (Å²) < 4.78 is 10.6. The Balaban J connectivity index is 1.91. The van der Waals surface area contributed by atoms with Crippen LogP contribution in [0.2, 0.25) is 0 Å². The van der Waals surface area contributed by atoms with Gasteiger partial charge >= 0.3 is 5.97 Å². The van der Waals surface area contributed by atoms with Crippen LogP contribution in [0.15, 0.2) is 48.5 Å². The number of carbonyl (C=O) groups excluding carboxylic acids is 2. The van der Waals surface area contributed by atoms with E-state index in [-0.39, 0.29) is 18.5 Å². The zero-order valence-corrected chi connectivity index (χ0v) is 13.2. The molecule has 23 heavy (non-hydrogen) atoms. The molecule has 0 spiro atoms. The molecule has 0 saturated carbocycles. The smallest absolute Gasteiger partial charge is 0.310 e. The quantitative estimate of drug-likeness (QED) is 0.656. The third kappa shape index (κ3) is 5.14. The first kappa shape index (κ1) is 16.5. The number of carbonyl (C=O) groups is 2. The minimum atomic E-state index is -0.323. The molecule has 0 bridgehead atoms. The van der Waals surface area contributed by atoms with E-state index in [0.717, 1.165) is 5.56 Å². The highest BCUT2D eigenvalue weighted by Gasteiger charge is 2.07. The van der Waals surface area contributed by atoms with Gasteiger partial charge < -0.3 is 14.8 Å². The lowest BCUT2D eigenvalue weighted by Crippen LogP contribution is -2.20. The van der Waals surface area contributed by atoms with Crippen LogP contribution in [-0.4, -0.2) is 18.5 Å². The maximum Gasteiger partial charge on any atom is 0.310 e. The minimum Gasteiger partial charge on any atom is -0.483 e. The van der Waals surface area contributed by atoms with Crippen molar-refractivity contribution >= 4 is 17.6 Å². The van der Waals surface area contributed by atoms with Gasteiger partial charge in [-0.3, -0.25) is 9.59 Å². The molecule has 1 amide bonds. The topological polar surface area (TPSA) is 64.6 Å². The first-order valence-electron chi connectivity index (χ1n) is 7.37. The molecule has 2 aromatic carbocycles. The summed E-state index contributed by atoms with van der Waals surface area (Å²) in [6, 6.07) is 14.2. The van der Waals surface area contributed by atoms with E-state index in [1.807, 2.05) is 31.2 Å². The predicted octanol–water partition coefficient (Wildman–Crippen LogP) is 3.33. The van der Waals surface area contributed by atoms with Crippen molar-refractivity contribution in [1.82, 2.24) is 0 Å². The van der Waals surface area contributed by atoms with Crippen LogP contribution in [0.4, 0.5) is 5.69 Å². The Morgan fingerprint density at radius 2 is 1.87 bits per heavy atom. The summed E-state index contributed by atoms with van der Waals surface area (Å²) in [7, 11) is 0. The Morgan fingerprint density at radius 3 is 2.61 bits per heavy atom. The van der Waals surface area contributed by atoms with E-state index < -0.39 is 0 Å². The fourth-order valence-electron chi connectivity index (χ4n) is 1.90. The van der Waals surface area contributed by atoms with Crippen LogP contribution >= 0.6 is 0 Å². The van der Waals surface area contributed by atoms with Crippen LogP contribution in [0.5, 0.6) is 11.5 Å². The van der Waals surface area contributed by atoms with Crippen molar-refractivity contribution in [2.45, 2.75) is 20.3 Å². The van der Waals surface area contributed by atoms with E-state index in [2.05, 4.69) is 5.32 Å². The Morgan fingerprint density at radius 1 is 1.09 bits per heavy atom. The molecule has 0 fully saturated rings. The molecule has 1 N–H and O–H groups in total. The van der Waals surface area contributed by atoms with E-state index >= 15 is 0 Å². The number of ether oxygens (including phenoxy) is 2. The standard InChI is InChI=1S/C18H19NO4/c1-3-18(21)23-15-9-6-8-14(11-15)19-17(20)12-22-16-10-5-4-7-13(16)2/h4-11H,3,12H2,1-2H3,(H,19,20). The van der Waals surface area contributed by atoms with Gasteiger partial charge in [-0.25, -0.2) is 0 Å². The number of nitrogens with one attached hydrogen (secondary N) is 1. The van der Waals surface area contributed by atoms with Gasteiger partial charge in [-0.05, 0) is 30.7 Å². The van der Waals surface area contributed by atoms with Gasteiger partial charge in [0.2, 0.25) is 0 Å². The summed E-state index contributed by atoms with van der Waals surface area (Å²) in [4.78, 5) is 23.2. The van der Waals surface area contributed by atoms with Crippen molar-refractivity contribution in [2.24, 2.45) is 0 Å². The van der Waals surface area contributed by atoms with Gasteiger partial charge in [-0.2, -0.15) is 0 Å². The van der Waals surface area contributed by atoms with Crippen LogP contribution < -0.4 is 14.8 Å². The van der Waals surface area contributed by atoms with Crippen molar-refractivity contribution in [3.8, 4) is 11.5 Å². The van der Waals surface area contributed by atoms with Crippen molar-refractivity contribution in [3.05, 3.63) is 54.1 Å². The van der Waals surface area contributed by atoms with E-state index in [1.54, 1.807) is 31.2 Å². The summed E-state index contributed by atoms with van der Waals surface area (Å²) >= 11 is 0. The largest absolute Gasteiger partial charge is 0.483 e. The van der Waals surface area contributed by atoms with Crippen molar-refractivity contribution in [1.29, 1.82) is 0 Å². The fraction of sp³-hybridized carbons (Fsp3) is 0.222. The molecule has 5 heteroatoms. The number of hydrogen-bond donors (Lipinski definition) is 1. The summed E-state index contributed by atoms with van der Waals surface area (Å²) in [6.45, 7) is 3.54. The molecule has 0 heterocycles. The average Bonchev–Trinajstić information content (AvgIpc) is 2.54.